The van der Waals surface area contributed by atoms with Crippen molar-refractivity contribution in [2.24, 2.45) is 0 Å². The molecule has 0 amide bonds. The van der Waals surface area contributed by atoms with Crippen LogP contribution >= 0.6 is 11.6 Å². The molecule has 2 N–H and O–H groups in total. The lowest BCUT2D eigenvalue weighted by atomic mass is 9.98. The van der Waals surface area contributed by atoms with E-state index in [0.717, 1.165) is 11.1 Å². The minimum Gasteiger partial charge on any atom is -0.390 e. The molecule has 0 aliphatic rings. The van der Waals surface area contributed by atoms with E-state index in [1.807, 2.05) is 32.0 Å². The predicted molar refractivity (Wildman–Crippen MR) is 62.2 cm³/mol. The molecule has 0 saturated heterocycles. The van der Waals surface area contributed by atoms with Gasteiger partial charge in [-0.25, -0.2) is 0 Å². The molecule has 0 aliphatic carbocycles. The minimum atomic E-state index is -0.844. The van der Waals surface area contributed by atoms with Crippen LogP contribution in [0.25, 0.3) is 0 Å². The first-order valence-electron chi connectivity index (χ1n) is 5.05. The molecular formula is C12H17ClO2. The van der Waals surface area contributed by atoms with Crippen LogP contribution in [0.4, 0.5) is 0 Å². The summed E-state index contributed by atoms with van der Waals surface area (Å²) in [5, 5.41) is 19.4. The predicted octanol–water partition coefficient (Wildman–Crippen LogP) is 2.33. The molecule has 0 aliphatic heterocycles. The highest BCUT2D eigenvalue weighted by atomic mass is 35.5. The van der Waals surface area contributed by atoms with Crippen molar-refractivity contribution in [3.8, 4) is 0 Å². The summed E-state index contributed by atoms with van der Waals surface area (Å²) in [5.74, 6) is 0.350. The molecule has 0 fully saturated rings. The van der Waals surface area contributed by atoms with E-state index in [9.17, 15) is 10.2 Å². The van der Waals surface area contributed by atoms with Gasteiger partial charge in [-0.1, -0.05) is 18.2 Å². The number of aliphatic hydroxyl groups is 2. The minimum absolute atomic E-state index is 0.350. The van der Waals surface area contributed by atoms with Crippen LogP contribution in [0.1, 0.15) is 29.2 Å². The fraction of sp³-hybridized carbons (Fsp3) is 0.500. The van der Waals surface area contributed by atoms with Gasteiger partial charge >= 0.3 is 0 Å². The molecule has 1 aromatic rings. The first-order valence-corrected chi connectivity index (χ1v) is 5.59. The van der Waals surface area contributed by atoms with Crippen LogP contribution in [0, 0.1) is 13.8 Å². The Balaban J connectivity index is 2.81. The molecule has 0 aromatic heterocycles. The van der Waals surface area contributed by atoms with Gasteiger partial charge in [-0.05, 0) is 37.0 Å². The van der Waals surface area contributed by atoms with E-state index in [2.05, 4.69) is 0 Å². The highest BCUT2D eigenvalue weighted by Gasteiger charge is 2.17. The first kappa shape index (κ1) is 12.5. The Morgan fingerprint density at radius 3 is 2.40 bits per heavy atom. The lowest BCUT2D eigenvalue weighted by molar-refractivity contribution is 0.0169. The third kappa shape index (κ3) is 3.20. The van der Waals surface area contributed by atoms with Crippen LogP contribution in [0.3, 0.4) is 0 Å². The van der Waals surface area contributed by atoms with Gasteiger partial charge in [-0.3, -0.25) is 0 Å². The Kier molecular flexibility index (Phi) is 4.58. The Morgan fingerprint density at radius 1 is 1.20 bits per heavy atom. The molecule has 0 spiro atoms. The lowest BCUT2D eigenvalue weighted by Gasteiger charge is -2.18. The number of halogens is 1. The highest BCUT2D eigenvalue weighted by Crippen LogP contribution is 2.21. The number of hydrogen-bond donors (Lipinski definition) is 2. The molecule has 0 saturated carbocycles. The summed E-state index contributed by atoms with van der Waals surface area (Å²) >= 11 is 5.51. The SMILES string of the molecule is Cc1ccc(C(O)C(O)CCCl)cc1C. The number of rotatable bonds is 4. The van der Waals surface area contributed by atoms with Crippen molar-refractivity contribution in [1.82, 2.24) is 0 Å². The number of aryl methyl sites for hydroxylation is 2. The van der Waals surface area contributed by atoms with Gasteiger partial charge in [0.2, 0.25) is 0 Å². The van der Waals surface area contributed by atoms with E-state index in [4.69, 9.17) is 11.6 Å². The average Bonchev–Trinajstić information content (AvgIpc) is 2.21. The van der Waals surface area contributed by atoms with E-state index in [1.165, 1.54) is 5.56 Å². The summed E-state index contributed by atoms with van der Waals surface area (Å²) in [7, 11) is 0. The second kappa shape index (κ2) is 5.50. The molecule has 2 atom stereocenters. The monoisotopic (exact) mass is 228 g/mol. The van der Waals surface area contributed by atoms with Crippen molar-refractivity contribution in [2.45, 2.75) is 32.5 Å². The third-order valence-corrected chi connectivity index (χ3v) is 2.86. The van der Waals surface area contributed by atoms with Gasteiger partial charge < -0.3 is 10.2 Å². The second-order valence-electron chi connectivity index (χ2n) is 3.83. The highest BCUT2D eigenvalue weighted by molar-refractivity contribution is 6.17. The number of aliphatic hydroxyl groups excluding tert-OH is 2. The van der Waals surface area contributed by atoms with E-state index in [1.54, 1.807) is 0 Å². The van der Waals surface area contributed by atoms with Gasteiger partial charge in [0.15, 0.2) is 0 Å². The van der Waals surface area contributed by atoms with Crippen molar-refractivity contribution in [3.63, 3.8) is 0 Å². The molecule has 1 rings (SSSR count). The van der Waals surface area contributed by atoms with Gasteiger partial charge in [0.25, 0.3) is 0 Å². The van der Waals surface area contributed by atoms with Gasteiger partial charge in [0.1, 0.15) is 6.10 Å². The topological polar surface area (TPSA) is 40.5 Å². The molecule has 0 heterocycles. The Bertz CT molecular complexity index is 325. The number of benzene rings is 1. The molecule has 84 valence electrons. The Labute approximate surface area is 95.5 Å². The standard InChI is InChI=1S/C12H17ClO2/c1-8-3-4-10(7-9(8)2)12(15)11(14)5-6-13/h3-4,7,11-12,14-15H,5-6H2,1-2H3. The van der Waals surface area contributed by atoms with Crippen molar-refractivity contribution in [2.75, 3.05) is 5.88 Å². The van der Waals surface area contributed by atoms with Crippen molar-refractivity contribution < 1.29 is 10.2 Å². The molecule has 1 aromatic carbocycles. The van der Waals surface area contributed by atoms with Crippen molar-refractivity contribution in [1.29, 1.82) is 0 Å². The summed E-state index contributed by atoms with van der Waals surface area (Å²) < 4.78 is 0. The average molecular weight is 229 g/mol. The van der Waals surface area contributed by atoms with E-state index in [0.29, 0.717) is 12.3 Å². The number of hydrogen-bond acceptors (Lipinski definition) is 2. The quantitative estimate of drug-likeness (QED) is 0.777. The van der Waals surface area contributed by atoms with E-state index >= 15 is 0 Å². The summed E-state index contributed by atoms with van der Waals surface area (Å²) in [6, 6.07) is 5.68. The van der Waals surface area contributed by atoms with Crippen LogP contribution in [-0.4, -0.2) is 22.2 Å². The molecule has 0 radical (unpaired) electrons. The van der Waals surface area contributed by atoms with Gasteiger partial charge in [0.05, 0.1) is 6.10 Å². The van der Waals surface area contributed by atoms with Crippen LogP contribution in [0.5, 0.6) is 0 Å². The summed E-state index contributed by atoms with van der Waals surface area (Å²) in [6.45, 7) is 4.00. The maximum Gasteiger partial charge on any atom is 0.105 e. The third-order valence-electron chi connectivity index (χ3n) is 2.64. The normalized spacial score (nSPS) is 15.0. The molecule has 15 heavy (non-hydrogen) atoms. The summed E-state index contributed by atoms with van der Waals surface area (Å²) in [5.41, 5.74) is 3.04. The van der Waals surface area contributed by atoms with Crippen LogP contribution in [-0.2, 0) is 0 Å². The van der Waals surface area contributed by atoms with Gasteiger partial charge in [-0.15, -0.1) is 11.6 Å². The number of alkyl halides is 1. The summed E-state index contributed by atoms with van der Waals surface area (Å²) in [4.78, 5) is 0. The zero-order valence-electron chi connectivity index (χ0n) is 9.07. The summed E-state index contributed by atoms with van der Waals surface area (Å²) in [6.07, 6.45) is -1.23. The Morgan fingerprint density at radius 2 is 1.87 bits per heavy atom. The lowest BCUT2D eigenvalue weighted by Crippen LogP contribution is -2.18. The largest absolute Gasteiger partial charge is 0.390 e. The van der Waals surface area contributed by atoms with Crippen molar-refractivity contribution in [3.05, 3.63) is 34.9 Å². The second-order valence-corrected chi connectivity index (χ2v) is 4.21. The molecule has 2 nitrogen and oxygen atoms in total. The maximum absolute atomic E-state index is 9.83. The van der Waals surface area contributed by atoms with Crippen LogP contribution < -0.4 is 0 Å². The van der Waals surface area contributed by atoms with Crippen molar-refractivity contribution >= 4 is 11.6 Å². The van der Waals surface area contributed by atoms with Crippen LogP contribution in [0.15, 0.2) is 18.2 Å². The van der Waals surface area contributed by atoms with Gasteiger partial charge in [0, 0.05) is 5.88 Å². The zero-order valence-corrected chi connectivity index (χ0v) is 9.83. The molecule has 0 bridgehead atoms. The fourth-order valence-corrected chi connectivity index (χ4v) is 1.66. The first-order chi connectivity index (χ1) is 7.06. The Hall–Kier alpha value is -0.570. The van der Waals surface area contributed by atoms with Gasteiger partial charge in [-0.2, -0.15) is 0 Å². The molecular weight excluding hydrogens is 212 g/mol. The fourth-order valence-electron chi connectivity index (χ4n) is 1.44. The zero-order chi connectivity index (χ0) is 11.4. The van der Waals surface area contributed by atoms with Crippen LogP contribution in [0.2, 0.25) is 0 Å². The smallest absolute Gasteiger partial charge is 0.105 e. The van der Waals surface area contributed by atoms with E-state index in [-0.39, 0.29) is 0 Å². The molecule has 3 heteroatoms. The van der Waals surface area contributed by atoms with E-state index < -0.39 is 12.2 Å². The molecule has 2 unspecified atom stereocenters. The maximum atomic E-state index is 9.83.